The minimum Gasteiger partial charge on any atom is -0.478 e. The summed E-state index contributed by atoms with van der Waals surface area (Å²) < 4.78 is 5.62. The minimum atomic E-state index is -0.971. The van der Waals surface area contributed by atoms with Crippen LogP contribution >= 0.6 is 0 Å². The zero-order chi connectivity index (χ0) is 14.1. The lowest BCUT2D eigenvalue weighted by Crippen LogP contribution is -2.35. The monoisotopic (exact) mass is 276 g/mol. The van der Waals surface area contributed by atoms with Crippen LogP contribution in [0.5, 0.6) is 0 Å². The third-order valence-electron chi connectivity index (χ3n) is 3.59. The molecule has 3 rings (SSSR count). The standard InChI is InChI=1S/C14H16N2O4/c17-10-3-5-16(6-4-10)8-13-15-11-7-9(14(18)19)1-2-12(11)20-13/h1-2,7,10,17H,3-6,8H2,(H,18,19). The highest BCUT2D eigenvalue weighted by molar-refractivity contribution is 5.91. The number of carboxylic acids is 1. The number of carboxylic acid groups (broad SMARTS) is 1. The molecule has 1 aliphatic rings. The van der Waals surface area contributed by atoms with Gasteiger partial charge in [0.25, 0.3) is 0 Å². The summed E-state index contributed by atoms with van der Waals surface area (Å²) in [4.78, 5) is 17.4. The number of aromatic carboxylic acids is 1. The molecule has 0 spiro atoms. The van der Waals surface area contributed by atoms with Gasteiger partial charge in [0.05, 0.1) is 18.2 Å². The molecule has 2 aromatic rings. The smallest absolute Gasteiger partial charge is 0.335 e. The number of hydrogen-bond acceptors (Lipinski definition) is 5. The number of oxazole rings is 1. The highest BCUT2D eigenvalue weighted by Crippen LogP contribution is 2.20. The molecule has 0 unspecified atom stereocenters. The number of likely N-dealkylation sites (tertiary alicyclic amines) is 1. The molecule has 0 bridgehead atoms. The predicted octanol–water partition coefficient (Wildman–Crippen LogP) is 1.48. The van der Waals surface area contributed by atoms with E-state index < -0.39 is 5.97 Å². The molecule has 2 heterocycles. The number of piperidine rings is 1. The molecule has 0 radical (unpaired) electrons. The number of aliphatic hydroxyl groups is 1. The fraction of sp³-hybridized carbons (Fsp3) is 0.429. The van der Waals surface area contributed by atoms with Crippen molar-refractivity contribution in [2.45, 2.75) is 25.5 Å². The molecule has 20 heavy (non-hydrogen) atoms. The first-order valence-corrected chi connectivity index (χ1v) is 6.65. The van der Waals surface area contributed by atoms with Crippen molar-refractivity contribution in [3.63, 3.8) is 0 Å². The van der Waals surface area contributed by atoms with Crippen molar-refractivity contribution < 1.29 is 19.4 Å². The highest BCUT2D eigenvalue weighted by atomic mass is 16.4. The minimum absolute atomic E-state index is 0.201. The second-order valence-electron chi connectivity index (χ2n) is 5.10. The van der Waals surface area contributed by atoms with Crippen molar-refractivity contribution in [3.05, 3.63) is 29.7 Å². The lowest BCUT2D eigenvalue weighted by molar-refractivity contribution is 0.0697. The molecule has 0 atom stereocenters. The van der Waals surface area contributed by atoms with Crippen molar-refractivity contribution in [1.29, 1.82) is 0 Å². The van der Waals surface area contributed by atoms with Gasteiger partial charge in [0.15, 0.2) is 5.58 Å². The van der Waals surface area contributed by atoms with Gasteiger partial charge in [0, 0.05) is 13.1 Å². The summed E-state index contributed by atoms with van der Waals surface area (Å²) in [6.45, 7) is 2.23. The molecule has 1 aromatic heterocycles. The Morgan fingerprint density at radius 2 is 2.15 bits per heavy atom. The Morgan fingerprint density at radius 3 is 2.85 bits per heavy atom. The number of nitrogens with zero attached hydrogens (tertiary/aromatic N) is 2. The van der Waals surface area contributed by atoms with E-state index in [1.165, 1.54) is 12.1 Å². The second-order valence-corrected chi connectivity index (χ2v) is 5.10. The van der Waals surface area contributed by atoms with E-state index in [-0.39, 0.29) is 11.7 Å². The van der Waals surface area contributed by atoms with Gasteiger partial charge in [-0.25, -0.2) is 9.78 Å². The van der Waals surface area contributed by atoms with Crippen molar-refractivity contribution in [3.8, 4) is 0 Å². The van der Waals surface area contributed by atoms with E-state index in [0.29, 0.717) is 23.5 Å². The van der Waals surface area contributed by atoms with Crippen LogP contribution in [0.15, 0.2) is 22.6 Å². The number of rotatable bonds is 3. The van der Waals surface area contributed by atoms with Crippen molar-refractivity contribution >= 4 is 17.1 Å². The van der Waals surface area contributed by atoms with Crippen molar-refractivity contribution in [2.75, 3.05) is 13.1 Å². The normalized spacial score (nSPS) is 17.6. The van der Waals surface area contributed by atoms with Crippen LogP contribution in [-0.4, -0.2) is 45.3 Å². The van der Waals surface area contributed by atoms with Crippen LogP contribution in [0.4, 0.5) is 0 Å². The van der Waals surface area contributed by atoms with Crippen LogP contribution in [-0.2, 0) is 6.54 Å². The summed E-state index contributed by atoms with van der Waals surface area (Å²) in [5.74, 6) is -0.389. The third-order valence-corrected chi connectivity index (χ3v) is 3.59. The van der Waals surface area contributed by atoms with Gasteiger partial charge in [-0.05, 0) is 31.0 Å². The largest absolute Gasteiger partial charge is 0.478 e. The van der Waals surface area contributed by atoms with Crippen LogP contribution in [0.2, 0.25) is 0 Å². The van der Waals surface area contributed by atoms with Gasteiger partial charge in [-0.2, -0.15) is 0 Å². The maximum Gasteiger partial charge on any atom is 0.335 e. The van der Waals surface area contributed by atoms with Gasteiger partial charge in [-0.3, -0.25) is 4.90 Å². The molecule has 0 aliphatic carbocycles. The molecular weight excluding hydrogens is 260 g/mol. The molecule has 0 amide bonds. The zero-order valence-electron chi connectivity index (χ0n) is 11.0. The molecule has 1 aromatic carbocycles. The first-order valence-electron chi connectivity index (χ1n) is 6.65. The van der Waals surface area contributed by atoms with Gasteiger partial charge in [0.1, 0.15) is 5.52 Å². The first-order chi connectivity index (χ1) is 9.61. The average Bonchev–Trinajstić information content (AvgIpc) is 2.82. The van der Waals surface area contributed by atoms with Crippen LogP contribution in [0.1, 0.15) is 29.1 Å². The van der Waals surface area contributed by atoms with Crippen LogP contribution in [0, 0.1) is 0 Å². The summed E-state index contributed by atoms with van der Waals surface area (Å²) in [6, 6.07) is 4.66. The van der Waals surface area contributed by atoms with Gasteiger partial charge in [-0.15, -0.1) is 0 Å². The molecule has 6 nitrogen and oxygen atoms in total. The Labute approximate surface area is 115 Å². The first kappa shape index (κ1) is 13.1. The van der Waals surface area contributed by atoms with E-state index in [0.717, 1.165) is 25.9 Å². The van der Waals surface area contributed by atoms with Crippen LogP contribution in [0.3, 0.4) is 0 Å². The number of fused-ring (bicyclic) bond motifs is 1. The Hall–Kier alpha value is -1.92. The van der Waals surface area contributed by atoms with Gasteiger partial charge in [0.2, 0.25) is 5.89 Å². The Kier molecular flexibility index (Phi) is 3.42. The molecule has 1 saturated heterocycles. The summed E-state index contributed by atoms with van der Waals surface area (Å²) in [5.41, 5.74) is 1.37. The molecule has 0 saturated carbocycles. The van der Waals surface area contributed by atoms with E-state index in [2.05, 4.69) is 9.88 Å². The van der Waals surface area contributed by atoms with Crippen molar-refractivity contribution in [2.24, 2.45) is 0 Å². The topological polar surface area (TPSA) is 86.8 Å². The number of carbonyl (C=O) groups is 1. The molecule has 1 fully saturated rings. The second kappa shape index (κ2) is 5.22. The molecular formula is C14H16N2O4. The Morgan fingerprint density at radius 1 is 1.40 bits per heavy atom. The molecule has 2 N–H and O–H groups in total. The lowest BCUT2D eigenvalue weighted by atomic mass is 10.1. The maximum atomic E-state index is 10.9. The van der Waals surface area contributed by atoms with E-state index in [4.69, 9.17) is 9.52 Å². The van der Waals surface area contributed by atoms with Crippen molar-refractivity contribution in [1.82, 2.24) is 9.88 Å². The lowest BCUT2D eigenvalue weighted by Gasteiger charge is -2.28. The van der Waals surface area contributed by atoms with Crippen LogP contribution < -0.4 is 0 Å². The summed E-state index contributed by atoms with van der Waals surface area (Å²) >= 11 is 0. The van der Waals surface area contributed by atoms with E-state index in [1.54, 1.807) is 6.07 Å². The quantitative estimate of drug-likeness (QED) is 0.883. The predicted molar refractivity (Wildman–Crippen MR) is 71.5 cm³/mol. The SMILES string of the molecule is O=C(O)c1ccc2oc(CN3CCC(O)CC3)nc2c1. The number of hydrogen-bond donors (Lipinski definition) is 2. The molecule has 1 aliphatic heterocycles. The molecule has 6 heteroatoms. The summed E-state index contributed by atoms with van der Waals surface area (Å²) in [5, 5.41) is 18.4. The van der Waals surface area contributed by atoms with Gasteiger partial charge >= 0.3 is 5.97 Å². The van der Waals surface area contributed by atoms with E-state index in [9.17, 15) is 9.90 Å². The van der Waals surface area contributed by atoms with Gasteiger partial charge in [-0.1, -0.05) is 0 Å². The fourth-order valence-corrected chi connectivity index (χ4v) is 2.44. The number of aromatic nitrogens is 1. The molecule has 106 valence electrons. The third kappa shape index (κ3) is 2.66. The average molecular weight is 276 g/mol. The zero-order valence-corrected chi connectivity index (χ0v) is 11.0. The summed E-state index contributed by atoms with van der Waals surface area (Å²) in [6.07, 6.45) is 1.33. The summed E-state index contributed by atoms with van der Waals surface area (Å²) in [7, 11) is 0. The number of aliphatic hydroxyl groups excluding tert-OH is 1. The van der Waals surface area contributed by atoms with Crippen LogP contribution in [0.25, 0.3) is 11.1 Å². The maximum absolute atomic E-state index is 10.9. The fourth-order valence-electron chi connectivity index (χ4n) is 2.44. The number of benzene rings is 1. The highest BCUT2D eigenvalue weighted by Gasteiger charge is 2.19. The van der Waals surface area contributed by atoms with E-state index >= 15 is 0 Å². The Bertz CT molecular complexity index is 629. The Balaban J connectivity index is 1.77. The van der Waals surface area contributed by atoms with E-state index in [1.807, 2.05) is 0 Å². The van der Waals surface area contributed by atoms with Gasteiger partial charge < -0.3 is 14.6 Å².